The summed E-state index contributed by atoms with van der Waals surface area (Å²) < 4.78 is 45.1. The van der Waals surface area contributed by atoms with Gasteiger partial charge in [-0.15, -0.1) is 0 Å². The first kappa shape index (κ1) is 27.3. The lowest BCUT2D eigenvalue weighted by molar-refractivity contribution is 0.0596. The summed E-state index contributed by atoms with van der Waals surface area (Å²) in [6.45, 7) is 2.48. The minimum atomic E-state index is -2.23. The molecule has 9 nitrogen and oxygen atoms in total. The number of anilines is 1. The third kappa shape index (κ3) is 5.57. The van der Waals surface area contributed by atoms with Crippen molar-refractivity contribution in [2.45, 2.75) is 36.2 Å². The summed E-state index contributed by atoms with van der Waals surface area (Å²) in [5, 5.41) is 9.72. The second-order valence-corrected chi connectivity index (χ2v) is 11.2. The normalized spacial score (nSPS) is 21.4. The zero-order valence-electron chi connectivity index (χ0n) is 21.8. The molecular weight excluding hydrogens is 527 g/mol. The predicted octanol–water partition coefficient (Wildman–Crippen LogP) is 3.87. The van der Waals surface area contributed by atoms with Crippen LogP contribution in [0.3, 0.4) is 0 Å². The van der Waals surface area contributed by atoms with Gasteiger partial charge in [-0.05, 0) is 60.6 Å². The summed E-state index contributed by atoms with van der Waals surface area (Å²) in [5.74, 6) is -0.298. The number of nitrogens with zero attached hydrogens (tertiary/aromatic N) is 2. The predicted molar refractivity (Wildman–Crippen MR) is 143 cm³/mol. The molecule has 3 aliphatic rings. The topological polar surface area (TPSA) is 106 Å². The van der Waals surface area contributed by atoms with E-state index < -0.39 is 28.9 Å². The number of esters is 1. The molecule has 1 saturated carbocycles. The number of halogens is 1. The second-order valence-electron chi connectivity index (χ2n) is 9.91. The van der Waals surface area contributed by atoms with E-state index in [0.717, 1.165) is 42.6 Å². The van der Waals surface area contributed by atoms with Gasteiger partial charge in [0.2, 0.25) is 0 Å². The van der Waals surface area contributed by atoms with Crippen LogP contribution in [-0.4, -0.2) is 72.8 Å². The van der Waals surface area contributed by atoms with E-state index in [2.05, 4.69) is 4.90 Å². The van der Waals surface area contributed by atoms with Crippen molar-refractivity contribution in [1.29, 1.82) is 0 Å². The number of methoxy groups -OCH3 is 2. The standard InChI is InChI=1S/C28H31FN2O7S/c1-36-27(33)25-23(7-6-21-22-15-18(22)16-38-26(21)25)31(28(34)37-2)39(35)24-8-5-19(29)14-17(24)4-3-11-30-12-9-20(32)10-13-30/h3-8,14,18,20,22,32H,9-13,15-16H2,1-2H3. The van der Waals surface area contributed by atoms with E-state index in [1.165, 1.54) is 19.2 Å². The molecule has 5 rings (SSSR count). The van der Waals surface area contributed by atoms with E-state index in [4.69, 9.17) is 14.2 Å². The monoisotopic (exact) mass is 558 g/mol. The lowest BCUT2D eigenvalue weighted by Crippen LogP contribution is -2.35. The van der Waals surface area contributed by atoms with Gasteiger partial charge in [0.15, 0.2) is 11.0 Å². The molecule has 0 spiro atoms. The number of piperidine rings is 1. The Morgan fingerprint density at radius 3 is 2.69 bits per heavy atom. The lowest BCUT2D eigenvalue weighted by Gasteiger charge is -2.28. The molecule has 2 aliphatic heterocycles. The summed E-state index contributed by atoms with van der Waals surface area (Å²) in [6, 6.07) is 7.07. The van der Waals surface area contributed by atoms with Crippen LogP contribution in [0.2, 0.25) is 0 Å². The van der Waals surface area contributed by atoms with E-state index in [1.807, 2.05) is 6.08 Å². The number of ether oxygens (including phenoxy) is 3. The molecule has 0 radical (unpaired) electrons. The Morgan fingerprint density at radius 1 is 1.21 bits per heavy atom. The van der Waals surface area contributed by atoms with Crippen molar-refractivity contribution in [3.63, 3.8) is 0 Å². The first-order valence-corrected chi connectivity index (χ1v) is 14.0. The number of carbonyl (C=O) groups is 2. The van der Waals surface area contributed by atoms with Crippen LogP contribution in [0.1, 0.15) is 46.7 Å². The van der Waals surface area contributed by atoms with Crippen molar-refractivity contribution >= 4 is 34.8 Å². The Kier molecular flexibility index (Phi) is 8.01. The molecule has 3 atom stereocenters. The van der Waals surface area contributed by atoms with Crippen LogP contribution in [0.15, 0.2) is 41.3 Å². The average Bonchev–Trinajstić information content (AvgIpc) is 3.74. The SMILES string of the molecule is COC(=O)c1c(N(C(=O)OC)S(=O)c2ccc(F)cc2C=CCN2CCC(O)CC2)ccc2c1OCC1CC21. The number of carbonyl (C=O) groups excluding carboxylic acids is 2. The number of amides is 1. The number of rotatable bonds is 7. The zero-order valence-corrected chi connectivity index (χ0v) is 22.6. The van der Waals surface area contributed by atoms with Crippen LogP contribution in [0, 0.1) is 11.7 Å². The zero-order chi connectivity index (χ0) is 27.7. The molecule has 0 aromatic heterocycles. The maximum absolute atomic E-state index is 14.3. The van der Waals surface area contributed by atoms with Gasteiger partial charge >= 0.3 is 12.1 Å². The number of aliphatic hydroxyl groups excluding tert-OH is 1. The van der Waals surface area contributed by atoms with E-state index in [1.54, 1.807) is 18.2 Å². The second kappa shape index (κ2) is 11.4. The fourth-order valence-corrected chi connectivity index (χ4v) is 6.43. The lowest BCUT2D eigenvalue weighted by atomic mass is 10.00. The number of aliphatic hydroxyl groups is 1. The molecule has 39 heavy (non-hydrogen) atoms. The van der Waals surface area contributed by atoms with Gasteiger partial charge in [-0.2, -0.15) is 4.31 Å². The fourth-order valence-electron chi connectivity index (χ4n) is 5.18. The van der Waals surface area contributed by atoms with Gasteiger partial charge in [0, 0.05) is 25.6 Å². The van der Waals surface area contributed by atoms with Crippen molar-refractivity contribution in [3.05, 3.63) is 58.9 Å². The number of likely N-dealkylation sites (tertiary alicyclic amines) is 1. The molecule has 2 heterocycles. The van der Waals surface area contributed by atoms with Gasteiger partial charge in [0.1, 0.15) is 17.1 Å². The van der Waals surface area contributed by atoms with Crippen LogP contribution in [0.25, 0.3) is 6.08 Å². The molecule has 1 aliphatic carbocycles. The first-order valence-electron chi connectivity index (χ1n) is 12.9. The molecule has 2 fully saturated rings. The van der Waals surface area contributed by atoms with Gasteiger partial charge in [0.25, 0.3) is 0 Å². The Labute approximate surface area is 228 Å². The van der Waals surface area contributed by atoms with Gasteiger partial charge in [-0.3, -0.25) is 4.90 Å². The van der Waals surface area contributed by atoms with Crippen molar-refractivity contribution in [1.82, 2.24) is 4.90 Å². The highest BCUT2D eigenvalue weighted by molar-refractivity contribution is 7.87. The van der Waals surface area contributed by atoms with Gasteiger partial charge in [0.05, 0.1) is 37.5 Å². The van der Waals surface area contributed by atoms with Crippen LogP contribution in [-0.2, 0) is 20.5 Å². The summed E-state index contributed by atoms with van der Waals surface area (Å²) in [7, 11) is 0.138. The number of fused-ring (bicyclic) bond motifs is 3. The molecule has 1 amide bonds. The summed E-state index contributed by atoms with van der Waals surface area (Å²) >= 11 is 0. The number of benzene rings is 2. The summed E-state index contributed by atoms with van der Waals surface area (Å²) in [5.41, 5.74) is 1.16. The highest BCUT2D eigenvalue weighted by Gasteiger charge is 2.46. The molecule has 3 unspecified atom stereocenters. The average molecular weight is 559 g/mol. The Bertz CT molecular complexity index is 1330. The summed E-state index contributed by atoms with van der Waals surface area (Å²) in [4.78, 5) is 28.3. The van der Waals surface area contributed by atoms with Crippen LogP contribution < -0.4 is 9.04 Å². The minimum Gasteiger partial charge on any atom is -0.492 e. The maximum atomic E-state index is 14.3. The van der Waals surface area contributed by atoms with E-state index in [0.29, 0.717) is 43.2 Å². The third-order valence-corrected chi connectivity index (χ3v) is 8.85. The van der Waals surface area contributed by atoms with Crippen molar-refractivity contribution in [2.24, 2.45) is 5.92 Å². The van der Waals surface area contributed by atoms with E-state index in [-0.39, 0.29) is 28.2 Å². The Morgan fingerprint density at radius 2 is 1.97 bits per heavy atom. The smallest absolute Gasteiger partial charge is 0.426 e. The molecule has 1 N–H and O–H groups in total. The molecule has 11 heteroatoms. The van der Waals surface area contributed by atoms with Gasteiger partial charge in [-0.1, -0.05) is 18.2 Å². The Balaban J connectivity index is 1.51. The van der Waals surface area contributed by atoms with E-state index >= 15 is 0 Å². The maximum Gasteiger partial charge on any atom is 0.426 e. The van der Waals surface area contributed by atoms with Crippen LogP contribution >= 0.6 is 0 Å². The van der Waals surface area contributed by atoms with Gasteiger partial charge in [-0.25, -0.2) is 18.2 Å². The molecule has 2 aromatic rings. The van der Waals surface area contributed by atoms with Crippen LogP contribution in [0.5, 0.6) is 5.75 Å². The van der Waals surface area contributed by atoms with Crippen molar-refractivity contribution < 1.29 is 37.5 Å². The molecule has 208 valence electrons. The van der Waals surface area contributed by atoms with Crippen molar-refractivity contribution in [3.8, 4) is 5.75 Å². The minimum absolute atomic E-state index is 0.00871. The fraction of sp³-hybridized carbons (Fsp3) is 0.429. The largest absolute Gasteiger partial charge is 0.492 e. The molecular formula is C28H31FN2O7S. The first-order chi connectivity index (χ1) is 18.8. The highest BCUT2D eigenvalue weighted by Crippen LogP contribution is 2.55. The van der Waals surface area contributed by atoms with E-state index in [9.17, 15) is 23.3 Å². The Hall–Kier alpha value is -3.28. The molecule has 1 saturated heterocycles. The van der Waals surface area contributed by atoms with Crippen LogP contribution in [0.4, 0.5) is 14.9 Å². The third-order valence-electron chi connectivity index (χ3n) is 7.42. The number of hydrogen-bond acceptors (Lipinski definition) is 8. The quantitative estimate of drug-likeness (QED) is 0.511. The number of hydrogen-bond donors (Lipinski definition) is 1. The highest BCUT2D eigenvalue weighted by atomic mass is 32.2. The molecule has 0 bridgehead atoms. The van der Waals surface area contributed by atoms with Gasteiger partial charge < -0.3 is 19.3 Å². The van der Waals surface area contributed by atoms with Crippen molar-refractivity contribution in [2.75, 3.05) is 44.8 Å². The molecule has 2 aromatic carbocycles. The summed E-state index contributed by atoms with van der Waals surface area (Å²) in [6.07, 6.45) is 4.54.